The van der Waals surface area contributed by atoms with Crippen molar-refractivity contribution in [3.05, 3.63) is 135 Å². The summed E-state index contributed by atoms with van der Waals surface area (Å²) in [6.45, 7) is 13.3. The molecule has 10 rings (SSSR count). The number of imidazole rings is 1. The number of benzene rings is 2. The van der Waals surface area contributed by atoms with Gasteiger partial charge in [0, 0.05) is 68.3 Å². The number of nitrogens with one attached hydrogen (secondary N) is 1. The summed E-state index contributed by atoms with van der Waals surface area (Å²) in [6.07, 6.45) is 6.98. The van der Waals surface area contributed by atoms with Crippen molar-refractivity contribution in [2.24, 2.45) is 5.41 Å². The van der Waals surface area contributed by atoms with Crippen LogP contribution in [0.25, 0.3) is 27.9 Å². The zero-order chi connectivity index (χ0) is 46.6. The Hall–Kier alpha value is -6.83. The lowest BCUT2D eigenvalue weighted by Gasteiger charge is -2.36. The first kappa shape index (κ1) is 44.0. The molecule has 3 aliphatic rings. The average molecular weight is 906 g/mol. The van der Waals surface area contributed by atoms with E-state index in [0.717, 1.165) is 67.5 Å². The summed E-state index contributed by atoms with van der Waals surface area (Å²) in [5, 5.41) is 13.4. The fraction of sp³-hybridized carbons (Fsp3) is 0.392. The van der Waals surface area contributed by atoms with Gasteiger partial charge in [-0.05, 0) is 110 Å². The molecule has 0 saturated carbocycles. The van der Waals surface area contributed by atoms with Gasteiger partial charge in [-0.1, -0.05) is 32.9 Å². The zero-order valence-electron chi connectivity index (χ0n) is 38.2. The molecule has 5 aromatic heterocycles. The van der Waals surface area contributed by atoms with Crippen molar-refractivity contribution in [2.75, 3.05) is 44.7 Å². The SMILES string of the molecule is Cc1nc(Nc2ccc(C3CCOCC3)cc2F)nc2c1n(-c1ccc(C(=O)N3CCc4c(n(Cc5ccc(C#N)cc5F)c5ncccc45)C3)nc1)c(=O)n2C1CCN(CC(C)(C)C)CC1. The van der Waals surface area contributed by atoms with Crippen LogP contribution in [0.2, 0.25) is 0 Å². The predicted molar refractivity (Wildman–Crippen MR) is 251 cm³/mol. The fourth-order valence-corrected chi connectivity index (χ4v) is 10.3. The van der Waals surface area contributed by atoms with Crippen LogP contribution in [0.3, 0.4) is 0 Å². The van der Waals surface area contributed by atoms with Crippen LogP contribution in [0, 0.1) is 35.3 Å². The number of amides is 1. The first-order chi connectivity index (χ1) is 32.3. The highest BCUT2D eigenvalue weighted by atomic mass is 19.1. The number of piperidine rings is 1. The molecule has 2 saturated heterocycles. The highest BCUT2D eigenvalue weighted by Crippen LogP contribution is 2.34. The number of ether oxygens (including phenoxy) is 1. The van der Waals surface area contributed by atoms with Crippen LogP contribution in [0.15, 0.2) is 77.9 Å². The summed E-state index contributed by atoms with van der Waals surface area (Å²) in [5.74, 6) is -0.757. The number of aryl methyl sites for hydroxylation is 1. The van der Waals surface area contributed by atoms with Gasteiger partial charge in [0.2, 0.25) is 5.95 Å². The maximum atomic E-state index is 15.7. The van der Waals surface area contributed by atoms with E-state index in [1.54, 1.807) is 56.6 Å². The van der Waals surface area contributed by atoms with E-state index >= 15 is 8.78 Å². The highest BCUT2D eigenvalue weighted by Gasteiger charge is 2.32. The lowest BCUT2D eigenvalue weighted by atomic mass is 9.91. The van der Waals surface area contributed by atoms with Crippen molar-refractivity contribution in [3.8, 4) is 11.8 Å². The Morgan fingerprint density at radius 2 is 1.75 bits per heavy atom. The minimum atomic E-state index is -0.483. The maximum absolute atomic E-state index is 15.7. The van der Waals surface area contributed by atoms with Crippen molar-refractivity contribution in [2.45, 2.75) is 84.8 Å². The van der Waals surface area contributed by atoms with Crippen molar-refractivity contribution in [3.63, 3.8) is 0 Å². The molecule has 0 spiro atoms. The van der Waals surface area contributed by atoms with Gasteiger partial charge in [0.05, 0.1) is 48.0 Å². The number of hydrogen-bond acceptors (Lipinski definition) is 10. The molecule has 0 aliphatic carbocycles. The summed E-state index contributed by atoms with van der Waals surface area (Å²) in [6, 6.07) is 18.7. The molecule has 2 fully saturated rings. The van der Waals surface area contributed by atoms with Crippen LogP contribution in [0.5, 0.6) is 0 Å². The molecular weight excluding hydrogens is 853 g/mol. The Kier molecular flexibility index (Phi) is 11.7. The van der Waals surface area contributed by atoms with E-state index in [4.69, 9.17) is 14.7 Å². The Morgan fingerprint density at radius 3 is 2.46 bits per heavy atom. The van der Waals surface area contributed by atoms with E-state index in [-0.39, 0.29) is 65.0 Å². The Bertz CT molecular complexity index is 3130. The number of carbonyl (C=O) groups is 1. The topological polar surface area (TPSA) is 152 Å². The van der Waals surface area contributed by atoms with E-state index in [1.807, 2.05) is 35.8 Å². The van der Waals surface area contributed by atoms with E-state index in [2.05, 4.69) is 41.0 Å². The molecule has 1 amide bonds. The first-order valence-corrected chi connectivity index (χ1v) is 23.1. The Morgan fingerprint density at radius 1 is 0.940 bits per heavy atom. The monoisotopic (exact) mass is 905 g/mol. The van der Waals surface area contributed by atoms with Gasteiger partial charge in [0.25, 0.3) is 5.91 Å². The number of nitriles is 1. The van der Waals surface area contributed by atoms with Crippen molar-refractivity contribution in [1.82, 2.24) is 43.4 Å². The van der Waals surface area contributed by atoms with E-state index in [1.165, 1.54) is 12.3 Å². The van der Waals surface area contributed by atoms with Gasteiger partial charge in [-0.15, -0.1) is 0 Å². The molecule has 16 heteroatoms. The van der Waals surface area contributed by atoms with Crippen molar-refractivity contribution >= 4 is 39.7 Å². The number of halogens is 2. The van der Waals surface area contributed by atoms with Crippen LogP contribution in [0.1, 0.15) is 103 Å². The van der Waals surface area contributed by atoms with E-state index in [0.29, 0.717) is 59.9 Å². The number of rotatable bonds is 9. The summed E-state index contributed by atoms with van der Waals surface area (Å²) < 4.78 is 41.7. The lowest BCUT2D eigenvalue weighted by Crippen LogP contribution is -2.41. The number of nitrogens with zero attached hydrogens (tertiary/aromatic N) is 10. The average Bonchev–Trinajstić information content (AvgIpc) is 3.80. The number of fused-ring (bicyclic) bond motifs is 4. The van der Waals surface area contributed by atoms with Gasteiger partial charge < -0.3 is 24.4 Å². The number of likely N-dealkylation sites (tertiary alicyclic amines) is 1. The third-order valence-corrected chi connectivity index (χ3v) is 13.5. The van der Waals surface area contributed by atoms with Gasteiger partial charge in [0.15, 0.2) is 5.65 Å². The number of pyridine rings is 2. The summed E-state index contributed by atoms with van der Waals surface area (Å²) in [5.41, 5.74) is 6.39. The summed E-state index contributed by atoms with van der Waals surface area (Å²) in [4.78, 5) is 52.3. The second kappa shape index (κ2) is 17.8. The number of aromatic nitrogens is 7. The molecule has 0 bridgehead atoms. The molecule has 2 aromatic carbocycles. The zero-order valence-corrected chi connectivity index (χ0v) is 38.2. The van der Waals surface area contributed by atoms with Crippen LogP contribution in [0.4, 0.5) is 20.4 Å². The summed E-state index contributed by atoms with van der Waals surface area (Å²) >= 11 is 0. The van der Waals surface area contributed by atoms with Crippen molar-refractivity contribution < 1.29 is 18.3 Å². The maximum Gasteiger partial charge on any atom is 0.335 e. The molecule has 0 unspecified atom stereocenters. The minimum absolute atomic E-state index is 0.131. The molecule has 8 heterocycles. The van der Waals surface area contributed by atoms with Gasteiger partial charge in [-0.25, -0.2) is 28.5 Å². The number of anilines is 2. The molecule has 7 aromatic rings. The fourth-order valence-electron chi connectivity index (χ4n) is 10.3. The standard InChI is InChI=1S/C51H53F2N11O3/c1-31-45-47(59-49(57-31)58-42-11-9-34(25-41(42)53)33-16-22-67-23-17-33)64(36-13-19-60(20-14-36)30-51(2,3)4)50(66)63(45)37-10-12-43(56-27-37)48(65)61-21-15-38-39-6-5-18-55-46(39)62(44(38)29-61)28-35-8-7-32(26-54)24-40(35)52/h5-12,18,24-25,27,33,36H,13-17,19-23,28-30H2,1-4H3,(H,57,58,59). The Balaban J connectivity index is 0.956. The molecule has 3 aliphatic heterocycles. The second-order valence-corrected chi connectivity index (χ2v) is 19.3. The predicted octanol–water partition coefficient (Wildman–Crippen LogP) is 8.35. The molecule has 1 N–H and O–H groups in total. The van der Waals surface area contributed by atoms with Crippen molar-refractivity contribution in [1.29, 1.82) is 5.26 Å². The molecule has 14 nitrogen and oxygen atoms in total. The number of carbonyl (C=O) groups excluding carboxylic acids is 1. The second-order valence-electron chi connectivity index (χ2n) is 19.3. The molecule has 67 heavy (non-hydrogen) atoms. The number of hydrogen-bond donors (Lipinski definition) is 1. The van der Waals surface area contributed by atoms with Crippen LogP contribution < -0.4 is 11.0 Å². The Labute approximate surface area is 386 Å². The van der Waals surface area contributed by atoms with Gasteiger partial charge in [0.1, 0.15) is 28.5 Å². The van der Waals surface area contributed by atoms with E-state index < -0.39 is 11.6 Å². The van der Waals surface area contributed by atoms with Crippen LogP contribution in [-0.4, -0.2) is 88.7 Å². The highest BCUT2D eigenvalue weighted by molar-refractivity contribution is 5.93. The van der Waals surface area contributed by atoms with Crippen LogP contribution >= 0.6 is 0 Å². The quantitative estimate of drug-likeness (QED) is 0.150. The third-order valence-electron chi connectivity index (χ3n) is 13.5. The smallest absolute Gasteiger partial charge is 0.335 e. The summed E-state index contributed by atoms with van der Waals surface area (Å²) in [7, 11) is 0. The van der Waals surface area contributed by atoms with Crippen LogP contribution in [-0.2, 0) is 24.2 Å². The molecule has 344 valence electrons. The molecular formula is C51H53F2N11O3. The van der Waals surface area contributed by atoms with Gasteiger partial charge >= 0.3 is 5.69 Å². The lowest BCUT2D eigenvalue weighted by molar-refractivity contribution is 0.0724. The molecule has 0 radical (unpaired) electrons. The van der Waals surface area contributed by atoms with Gasteiger partial charge in [-0.3, -0.25) is 13.9 Å². The largest absolute Gasteiger partial charge is 0.381 e. The normalized spacial score (nSPS) is 16.4. The van der Waals surface area contributed by atoms with Gasteiger partial charge in [-0.2, -0.15) is 10.2 Å². The minimum Gasteiger partial charge on any atom is -0.381 e. The van der Waals surface area contributed by atoms with E-state index in [9.17, 15) is 14.9 Å². The third kappa shape index (κ3) is 8.58. The molecule has 0 atom stereocenters. The first-order valence-electron chi connectivity index (χ1n) is 23.1.